The van der Waals surface area contributed by atoms with Gasteiger partial charge in [-0.2, -0.15) is 0 Å². The normalized spacial score (nSPS) is 15.9. The molecular formula is C20H36O3Si. The lowest BCUT2D eigenvalue weighted by atomic mass is 9.95. The summed E-state index contributed by atoms with van der Waals surface area (Å²) in [5.41, 5.74) is 1.19. The fourth-order valence-electron chi connectivity index (χ4n) is 3.22. The quantitative estimate of drug-likeness (QED) is 0.546. The first-order valence-electron chi connectivity index (χ1n) is 9.42. The Morgan fingerprint density at radius 1 is 0.958 bits per heavy atom. The molecular weight excluding hydrogens is 316 g/mol. The number of aliphatic hydroxyl groups excluding tert-OH is 1. The van der Waals surface area contributed by atoms with Crippen molar-refractivity contribution in [2.75, 3.05) is 13.2 Å². The van der Waals surface area contributed by atoms with Crippen LogP contribution in [0.3, 0.4) is 0 Å². The van der Waals surface area contributed by atoms with Crippen LogP contribution in [0, 0.1) is 11.8 Å². The van der Waals surface area contributed by atoms with Gasteiger partial charge in [0, 0.05) is 18.4 Å². The number of hydrogen-bond acceptors (Lipinski definition) is 3. The van der Waals surface area contributed by atoms with E-state index in [1.165, 1.54) is 5.56 Å². The molecule has 0 aromatic heterocycles. The number of hydrogen-bond donors (Lipinski definition) is 1. The highest BCUT2D eigenvalue weighted by Crippen LogP contribution is 2.29. The monoisotopic (exact) mass is 352 g/mol. The number of aliphatic hydroxyl groups is 1. The van der Waals surface area contributed by atoms with E-state index in [2.05, 4.69) is 46.8 Å². The third-order valence-electron chi connectivity index (χ3n) is 5.22. The van der Waals surface area contributed by atoms with Crippen molar-refractivity contribution in [2.24, 2.45) is 11.8 Å². The minimum Gasteiger partial charge on any atom is -0.413 e. The number of rotatable bonds is 12. The molecule has 1 aromatic carbocycles. The summed E-state index contributed by atoms with van der Waals surface area (Å²) in [6.07, 6.45) is 0.0669. The Hall–Kier alpha value is -0.683. The van der Waals surface area contributed by atoms with Crippen LogP contribution in [-0.4, -0.2) is 32.7 Å². The van der Waals surface area contributed by atoms with Crippen LogP contribution >= 0.6 is 0 Å². The Kier molecular flexibility index (Phi) is 9.82. The largest absolute Gasteiger partial charge is 0.413 e. The predicted octanol–water partition coefficient (Wildman–Crippen LogP) is 4.86. The second-order valence-corrected chi connectivity index (χ2v) is 11.7. The number of ether oxygens (including phenoxy) is 1. The average molecular weight is 353 g/mol. The molecule has 1 aromatic rings. The summed E-state index contributed by atoms with van der Waals surface area (Å²) in [5.74, 6) is 0.407. The molecule has 0 radical (unpaired) electrons. The molecule has 0 fully saturated rings. The Labute approximate surface area is 149 Å². The van der Waals surface area contributed by atoms with Crippen LogP contribution < -0.4 is 0 Å². The van der Waals surface area contributed by atoms with Gasteiger partial charge in [-0.05, 0) is 23.7 Å². The topological polar surface area (TPSA) is 38.7 Å². The third kappa shape index (κ3) is 6.32. The van der Waals surface area contributed by atoms with Gasteiger partial charge >= 0.3 is 0 Å². The zero-order valence-electron chi connectivity index (χ0n) is 16.1. The molecule has 3 nitrogen and oxygen atoms in total. The minimum absolute atomic E-state index is 0.0669. The summed E-state index contributed by atoms with van der Waals surface area (Å²) in [5, 5.41) is 9.67. The van der Waals surface area contributed by atoms with Gasteiger partial charge in [0.2, 0.25) is 0 Å². The van der Waals surface area contributed by atoms with Gasteiger partial charge in [0.05, 0.1) is 19.3 Å². The third-order valence-corrected chi connectivity index (χ3v) is 9.86. The first kappa shape index (κ1) is 21.4. The van der Waals surface area contributed by atoms with Gasteiger partial charge in [-0.3, -0.25) is 0 Å². The molecule has 0 saturated heterocycles. The summed E-state index contributed by atoms with van der Waals surface area (Å²) in [7, 11) is -1.69. The van der Waals surface area contributed by atoms with Gasteiger partial charge in [-0.15, -0.1) is 0 Å². The smallest absolute Gasteiger partial charge is 0.192 e. The maximum atomic E-state index is 9.67. The molecule has 3 atom stereocenters. The van der Waals surface area contributed by atoms with Crippen molar-refractivity contribution in [3.63, 3.8) is 0 Å². The van der Waals surface area contributed by atoms with Crippen molar-refractivity contribution in [3.05, 3.63) is 35.9 Å². The van der Waals surface area contributed by atoms with E-state index >= 15 is 0 Å². The van der Waals surface area contributed by atoms with E-state index in [9.17, 15) is 5.11 Å². The average Bonchev–Trinajstić information content (AvgIpc) is 2.63. The standard InChI is InChI=1S/C20H36O3Si/c1-6-24(7-2,8-3)23-20(17(4)14-21)18(5)15-22-16-19-12-10-9-11-13-19/h9-13,17-18,20-21H,6-8,14-16H2,1-5H3/t17-,18+,20-/m0/s1. The van der Waals surface area contributed by atoms with Crippen LogP contribution in [0.25, 0.3) is 0 Å². The van der Waals surface area contributed by atoms with Crippen molar-refractivity contribution in [2.45, 2.75) is 65.5 Å². The molecule has 0 saturated carbocycles. The molecule has 0 aliphatic heterocycles. The van der Waals surface area contributed by atoms with Crippen molar-refractivity contribution >= 4 is 8.32 Å². The predicted molar refractivity (Wildman–Crippen MR) is 104 cm³/mol. The minimum atomic E-state index is -1.69. The molecule has 0 unspecified atom stereocenters. The van der Waals surface area contributed by atoms with E-state index < -0.39 is 8.32 Å². The highest BCUT2D eigenvalue weighted by atomic mass is 28.4. The molecule has 138 valence electrons. The number of benzene rings is 1. The first-order chi connectivity index (χ1) is 11.5. The summed E-state index contributed by atoms with van der Waals surface area (Å²) in [6, 6.07) is 13.6. The lowest BCUT2D eigenvalue weighted by molar-refractivity contribution is -0.00109. The van der Waals surface area contributed by atoms with Gasteiger partial charge in [0.1, 0.15) is 0 Å². The second kappa shape index (κ2) is 11.0. The fourth-order valence-corrected chi connectivity index (χ4v) is 6.26. The van der Waals surface area contributed by atoms with Crippen molar-refractivity contribution in [1.82, 2.24) is 0 Å². The first-order valence-corrected chi connectivity index (χ1v) is 11.9. The van der Waals surface area contributed by atoms with Crippen LogP contribution in [0.2, 0.25) is 18.1 Å². The molecule has 1 N–H and O–H groups in total. The van der Waals surface area contributed by atoms with Crippen LogP contribution in [0.15, 0.2) is 30.3 Å². The summed E-state index contributed by atoms with van der Waals surface area (Å²) in [4.78, 5) is 0. The Morgan fingerprint density at radius 3 is 2.04 bits per heavy atom. The summed E-state index contributed by atoms with van der Waals surface area (Å²) in [6.45, 7) is 12.5. The van der Waals surface area contributed by atoms with Gasteiger partial charge in [0.25, 0.3) is 0 Å². The maximum Gasteiger partial charge on any atom is 0.192 e. The van der Waals surface area contributed by atoms with E-state index in [0.29, 0.717) is 13.2 Å². The Bertz CT molecular complexity index is 426. The van der Waals surface area contributed by atoms with Crippen LogP contribution in [-0.2, 0) is 15.8 Å². The van der Waals surface area contributed by atoms with Gasteiger partial charge in [-0.25, -0.2) is 0 Å². The Balaban J connectivity index is 2.65. The van der Waals surface area contributed by atoms with Crippen molar-refractivity contribution < 1.29 is 14.3 Å². The van der Waals surface area contributed by atoms with Crippen LogP contribution in [0.5, 0.6) is 0 Å². The van der Waals surface area contributed by atoms with E-state index in [1.807, 2.05) is 18.2 Å². The molecule has 0 aliphatic rings. The zero-order chi connectivity index (χ0) is 18.0. The Morgan fingerprint density at radius 2 is 1.54 bits per heavy atom. The summed E-state index contributed by atoms with van der Waals surface area (Å²) < 4.78 is 12.6. The maximum absolute atomic E-state index is 9.67. The van der Waals surface area contributed by atoms with Gasteiger partial charge < -0.3 is 14.3 Å². The molecule has 0 aliphatic carbocycles. The lowest BCUT2D eigenvalue weighted by Crippen LogP contribution is -2.46. The molecule has 4 heteroatoms. The lowest BCUT2D eigenvalue weighted by Gasteiger charge is -2.38. The molecule has 1 rings (SSSR count). The van der Waals surface area contributed by atoms with Crippen molar-refractivity contribution in [1.29, 1.82) is 0 Å². The molecule has 0 bridgehead atoms. The second-order valence-electron chi connectivity index (χ2n) is 6.96. The van der Waals surface area contributed by atoms with Gasteiger partial charge in [-0.1, -0.05) is 65.0 Å². The van der Waals surface area contributed by atoms with Crippen LogP contribution in [0.4, 0.5) is 0 Å². The molecule has 24 heavy (non-hydrogen) atoms. The van der Waals surface area contributed by atoms with E-state index in [4.69, 9.17) is 9.16 Å². The fraction of sp³-hybridized carbons (Fsp3) is 0.700. The molecule has 0 amide bonds. The van der Waals surface area contributed by atoms with E-state index in [-0.39, 0.29) is 24.5 Å². The van der Waals surface area contributed by atoms with Crippen LogP contribution in [0.1, 0.15) is 40.2 Å². The zero-order valence-corrected chi connectivity index (χ0v) is 17.1. The van der Waals surface area contributed by atoms with E-state index in [0.717, 1.165) is 18.1 Å². The molecule has 0 heterocycles. The van der Waals surface area contributed by atoms with Gasteiger partial charge in [0.15, 0.2) is 8.32 Å². The SMILES string of the molecule is CC[Si](CC)(CC)O[C@H]([C@H](C)COCc1ccccc1)[C@@H](C)CO. The summed E-state index contributed by atoms with van der Waals surface area (Å²) >= 11 is 0. The highest BCUT2D eigenvalue weighted by Gasteiger charge is 2.36. The molecule has 0 spiro atoms. The van der Waals surface area contributed by atoms with E-state index in [1.54, 1.807) is 0 Å². The van der Waals surface area contributed by atoms with Crippen molar-refractivity contribution in [3.8, 4) is 0 Å². The highest BCUT2D eigenvalue weighted by molar-refractivity contribution is 6.73.